The normalized spacial score (nSPS) is 24.2. The van der Waals surface area contributed by atoms with Crippen LogP contribution in [0.15, 0.2) is 6.07 Å². The van der Waals surface area contributed by atoms with E-state index in [2.05, 4.69) is 15.2 Å². The minimum atomic E-state index is -0.293. The van der Waals surface area contributed by atoms with Gasteiger partial charge in [0.15, 0.2) is 0 Å². The summed E-state index contributed by atoms with van der Waals surface area (Å²) in [6, 6.07) is 1.99. The first-order chi connectivity index (χ1) is 12.1. The predicted molar refractivity (Wildman–Crippen MR) is 97.0 cm³/mol. The van der Waals surface area contributed by atoms with Gasteiger partial charge in [-0.3, -0.25) is 4.79 Å². The summed E-state index contributed by atoms with van der Waals surface area (Å²) in [7, 11) is 0. The number of amides is 1. The Balaban J connectivity index is 1.67. The summed E-state index contributed by atoms with van der Waals surface area (Å²) in [4.78, 5) is 19.5. The molecule has 6 nitrogen and oxygen atoms in total. The van der Waals surface area contributed by atoms with Crippen LogP contribution in [-0.2, 0) is 4.74 Å². The fourth-order valence-corrected chi connectivity index (χ4v) is 3.85. The summed E-state index contributed by atoms with van der Waals surface area (Å²) in [5.41, 5.74) is 2.35. The highest BCUT2D eigenvalue weighted by Crippen LogP contribution is 2.24. The van der Waals surface area contributed by atoms with E-state index in [1.165, 1.54) is 0 Å². The van der Waals surface area contributed by atoms with Crippen molar-refractivity contribution in [3.8, 4) is 0 Å². The molecule has 1 aliphatic heterocycles. The third kappa shape index (κ3) is 4.30. The average molecular weight is 347 g/mol. The SMILES string of the molecule is Cc1cc(N2CCOCC2)nc(C)c1C(=O)NCC1CCCCC1O. The highest BCUT2D eigenvalue weighted by molar-refractivity contribution is 5.96. The maximum atomic E-state index is 12.7. The molecule has 3 rings (SSSR count). The minimum Gasteiger partial charge on any atom is -0.393 e. The van der Waals surface area contributed by atoms with Crippen LogP contribution in [0, 0.1) is 19.8 Å². The quantitative estimate of drug-likeness (QED) is 0.869. The Morgan fingerprint density at radius 1 is 1.32 bits per heavy atom. The van der Waals surface area contributed by atoms with E-state index in [0.717, 1.165) is 55.8 Å². The van der Waals surface area contributed by atoms with Crippen LogP contribution in [0.25, 0.3) is 0 Å². The number of rotatable bonds is 4. The lowest BCUT2D eigenvalue weighted by molar-refractivity contribution is 0.0662. The van der Waals surface area contributed by atoms with E-state index in [9.17, 15) is 9.90 Å². The van der Waals surface area contributed by atoms with Crippen molar-refractivity contribution in [1.82, 2.24) is 10.3 Å². The van der Waals surface area contributed by atoms with Crippen molar-refractivity contribution in [3.05, 3.63) is 22.9 Å². The van der Waals surface area contributed by atoms with E-state index in [1.807, 2.05) is 19.9 Å². The van der Waals surface area contributed by atoms with Gasteiger partial charge in [0.2, 0.25) is 0 Å². The van der Waals surface area contributed by atoms with Crippen molar-refractivity contribution in [2.24, 2.45) is 5.92 Å². The van der Waals surface area contributed by atoms with Gasteiger partial charge in [0.05, 0.1) is 30.6 Å². The maximum absolute atomic E-state index is 12.7. The van der Waals surface area contributed by atoms with E-state index in [-0.39, 0.29) is 17.9 Å². The Bertz CT molecular complexity index is 591. The molecular weight excluding hydrogens is 318 g/mol. The monoisotopic (exact) mass is 347 g/mol. The molecule has 138 valence electrons. The molecule has 2 N–H and O–H groups in total. The first kappa shape index (κ1) is 18.1. The number of ether oxygens (including phenoxy) is 1. The lowest BCUT2D eigenvalue weighted by Gasteiger charge is -2.29. The number of aliphatic hydroxyl groups excluding tert-OH is 1. The number of pyridine rings is 1. The average Bonchev–Trinajstić information content (AvgIpc) is 2.61. The van der Waals surface area contributed by atoms with E-state index in [4.69, 9.17) is 4.74 Å². The molecule has 2 atom stereocenters. The van der Waals surface area contributed by atoms with Crippen molar-refractivity contribution >= 4 is 11.7 Å². The number of hydrogen-bond donors (Lipinski definition) is 2. The summed E-state index contributed by atoms with van der Waals surface area (Å²) in [6.07, 6.45) is 3.74. The van der Waals surface area contributed by atoms with E-state index in [0.29, 0.717) is 25.3 Å². The van der Waals surface area contributed by atoms with E-state index < -0.39 is 0 Å². The van der Waals surface area contributed by atoms with Crippen molar-refractivity contribution < 1.29 is 14.6 Å². The Morgan fingerprint density at radius 3 is 2.72 bits per heavy atom. The number of carbonyl (C=O) groups excluding carboxylic acids is 1. The molecule has 25 heavy (non-hydrogen) atoms. The zero-order valence-electron chi connectivity index (χ0n) is 15.3. The Morgan fingerprint density at radius 2 is 2.04 bits per heavy atom. The largest absolute Gasteiger partial charge is 0.393 e. The molecule has 1 aromatic rings. The van der Waals surface area contributed by atoms with Crippen LogP contribution in [0.4, 0.5) is 5.82 Å². The highest BCUT2D eigenvalue weighted by atomic mass is 16.5. The summed E-state index contributed by atoms with van der Waals surface area (Å²) in [5, 5.41) is 13.1. The summed E-state index contributed by atoms with van der Waals surface area (Å²) < 4.78 is 5.39. The topological polar surface area (TPSA) is 74.7 Å². The maximum Gasteiger partial charge on any atom is 0.253 e. The molecule has 2 aliphatic rings. The molecular formula is C19H29N3O3. The molecule has 1 amide bonds. The molecule has 1 saturated carbocycles. The number of aryl methyl sites for hydroxylation is 2. The van der Waals surface area contributed by atoms with Gasteiger partial charge >= 0.3 is 0 Å². The van der Waals surface area contributed by atoms with Crippen LogP contribution >= 0.6 is 0 Å². The Labute approximate surface area is 149 Å². The molecule has 0 bridgehead atoms. The van der Waals surface area contributed by atoms with Gasteiger partial charge in [-0.15, -0.1) is 0 Å². The number of anilines is 1. The van der Waals surface area contributed by atoms with Gasteiger partial charge in [0, 0.05) is 25.6 Å². The van der Waals surface area contributed by atoms with Gasteiger partial charge in [0.25, 0.3) is 5.91 Å². The number of nitrogens with zero attached hydrogens (tertiary/aromatic N) is 2. The van der Waals surface area contributed by atoms with Crippen molar-refractivity contribution in [2.45, 2.75) is 45.6 Å². The summed E-state index contributed by atoms with van der Waals surface area (Å²) in [6.45, 7) is 7.47. The molecule has 1 saturated heterocycles. The molecule has 0 radical (unpaired) electrons. The zero-order chi connectivity index (χ0) is 17.8. The molecule has 2 fully saturated rings. The Kier molecular flexibility index (Phi) is 5.91. The fraction of sp³-hybridized carbons (Fsp3) is 0.684. The first-order valence-electron chi connectivity index (χ1n) is 9.33. The van der Waals surface area contributed by atoms with Crippen molar-refractivity contribution in [3.63, 3.8) is 0 Å². The molecule has 0 aromatic carbocycles. The van der Waals surface area contributed by atoms with E-state index >= 15 is 0 Å². The van der Waals surface area contributed by atoms with Crippen LogP contribution in [0.1, 0.15) is 47.3 Å². The second-order valence-corrected chi connectivity index (χ2v) is 7.18. The number of aromatic nitrogens is 1. The molecule has 0 spiro atoms. The molecule has 6 heteroatoms. The number of hydrogen-bond acceptors (Lipinski definition) is 5. The van der Waals surface area contributed by atoms with Gasteiger partial charge in [-0.05, 0) is 38.3 Å². The van der Waals surface area contributed by atoms with Crippen LogP contribution < -0.4 is 10.2 Å². The van der Waals surface area contributed by atoms with Gasteiger partial charge in [-0.2, -0.15) is 0 Å². The van der Waals surface area contributed by atoms with Crippen molar-refractivity contribution in [1.29, 1.82) is 0 Å². The second-order valence-electron chi connectivity index (χ2n) is 7.18. The van der Waals surface area contributed by atoms with Gasteiger partial charge in [-0.25, -0.2) is 4.98 Å². The molecule has 2 unspecified atom stereocenters. The molecule has 1 aliphatic carbocycles. The number of nitrogens with one attached hydrogen (secondary N) is 1. The smallest absolute Gasteiger partial charge is 0.253 e. The fourth-order valence-electron chi connectivity index (χ4n) is 3.85. The number of carbonyl (C=O) groups is 1. The van der Waals surface area contributed by atoms with Crippen molar-refractivity contribution in [2.75, 3.05) is 37.7 Å². The summed E-state index contributed by atoms with van der Waals surface area (Å²) in [5.74, 6) is 0.991. The minimum absolute atomic E-state index is 0.0891. The van der Waals surface area contributed by atoms with Gasteiger partial charge in [0.1, 0.15) is 5.82 Å². The zero-order valence-corrected chi connectivity index (χ0v) is 15.3. The Hall–Kier alpha value is -1.66. The number of morpholine rings is 1. The van der Waals surface area contributed by atoms with Crippen LogP contribution in [0.3, 0.4) is 0 Å². The van der Waals surface area contributed by atoms with Gasteiger partial charge in [-0.1, -0.05) is 12.8 Å². The lowest BCUT2D eigenvalue weighted by atomic mass is 9.86. The first-order valence-corrected chi connectivity index (χ1v) is 9.33. The van der Waals surface area contributed by atoms with Gasteiger partial charge < -0.3 is 20.1 Å². The lowest BCUT2D eigenvalue weighted by Crippen LogP contribution is -2.38. The van der Waals surface area contributed by atoms with E-state index in [1.54, 1.807) is 0 Å². The molecule has 2 heterocycles. The van der Waals surface area contributed by atoms with Crippen LogP contribution in [-0.4, -0.2) is 54.9 Å². The standard InChI is InChI=1S/C19H29N3O3/c1-13-11-17(22-7-9-25-10-8-22)21-14(2)18(13)19(24)20-12-15-5-3-4-6-16(15)23/h11,15-16,23H,3-10,12H2,1-2H3,(H,20,24). The molecule has 1 aromatic heterocycles. The third-order valence-corrected chi connectivity index (χ3v) is 5.34. The summed E-state index contributed by atoms with van der Waals surface area (Å²) >= 11 is 0. The van der Waals surface area contributed by atoms with Crippen LogP contribution in [0.5, 0.6) is 0 Å². The highest BCUT2D eigenvalue weighted by Gasteiger charge is 2.24. The number of aliphatic hydroxyl groups is 1. The third-order valence-electron chi connectivity index (χ3n) is 5.34. The second kappa shape index (κ2) is 8.15. The predicted octanol–water partition coefficient (Wildman–Crippen LogP) is 1.82. The van der Waals surface area contributed by atoms with Crippen LogP contribution in [0.2, 0.25) is 0 Å².